The molecule has 0 radical (unpaired) electrons. The van der Waals surface area contributed by atoms with Crippen molar-refractivity contribution in [3.63, 3.8) is 0 Å². The minimum absolute atomic E-state index is 0.190. The summed E-state index contributed by atoms with van der Waals surface area (Å²) in [6.07, 6.45) is 1.88. The van der Waals surface area contributed by atoms with Gasteiger partial charge in [-0.2, -0.15) is 0 Å². The normalized spacial score (nSPS) is 16.0. The first kappa shape index (κ1) is 21.7. The summed E-state index contributed by atoms with van der Waals surface area (Å²) in [6.45, 7) is -0.418. The van der Waals surface area contributed by atoms with Crippen LogP contribution in [0.1, 0.15) is 25.7 Å². The van der Waals surface area contributed by atoms with Gasteiger partial charge in [0.25, 0.3) is 0 Å². The van der Waals surface area contributed by atoms with E-state index in [4.69, 9.17) is 17.3 Å². The van der Waals surface area contributed by atoms with Gasteiger partial charge in [0.1, 0.15) is 6.04 Å². The molecule has 1 aliphatic rings. The second-order valence-corrected chi connectivity index (χ2v) is 6.15. The maximum Gasteiger partial charge on any atom is 0.243 e. The predicted octanol–water partition coefficient (Wildman–Crippen LogP) is -2.17. The van der Waals surface area contributed by atoms with Gasteiger partial charge in [-0.3, -0.25) is 24.0 Å². The van der Waals surface area contributed by atoms with Crippen LogP contribution in [0, 0.1) is 0 Å². The van der Waals surface area contributed by atoms with Crippen molar-refractivity contribution >= 4 is 41.1 Å². The zero-order chi connectivity index (χ0) is 19.5. The Morgan fingerprint density at radius 2 is 1.69 bits per heavy atom. The molecule has 1 atom stereocenters. The van der Waals surface area contributed by atoms with Crippen molar-refractivity contribution in [2.45, 2.75) is 31.7 Å². The fourth-order valence-corrected chi connectivity index (χ4v) is 2.60. The number of primary amides is 1. The van der Waals surface area contributed by atoms with Gasteiger partial charge < -0.3 is 26.6 Å². The number of amides is 5. The minimum Gasteiger partial charge on any atom is -0.368 e. The van der Waals surface area contributed by atoms with E-state index in [-0.39, 0.29) is 37.9 Å². The van der Waals surface area contributed by atoms with E-state index in [1.807, 2.05) is 0 Å². The molecule has 1 saturated heterocycles. The van der Waals surface area contributed by atoms with E-state index in [1.165, 1.54) is 4.90 Å². The third-order valence-electron chi connectivity index (χ3n) is 3.73. The van der Waals surface area contributed by atoms with Crippen LogP contribution in [0.3, 0.4) is 0 Å². The Hall–Kier alpha value is -2.36. The van der Waals surface area contributed by atoms with Crippen LogP contribution in [0.2, 0.25) is 0 Å². The summed E-state index contributed by atoms with van der Waals surface area (Å²) in [4.78, 5) is 59.4. The highest BCUT2D eigenvalue weighted by atomic mass is 35.5. The van der Waals surface area contributed by atoms with Gasteiger partial charge in [-0.15, -0.1) is 11.6 Å². The molecule has 0 saturated carbocycles. The molecule has 1 heterocycles. The second-order valence-electron chi connectivity index (χ2n) is 5.78. The number of nitrogens with two attached hydrogens (primary N) is 1. The number of nitrogens with zero attached hydrogens (tertiary/aromatic N) is 1. The Morgan fingerprint density at radius 1 is 1.00 bits per heavy atom. The lowest BCUT2D eigenvalue weighted by atomic mass is 10.2. The van der Waals surface area contributed by atoms with Crippen LogP contribution < -0.4 is 21.7 Å². The molecule has 0 aromatic heterocycles. The first-order valence-electron chi connectivity index (χ1n) is 8.30. The van der Waals surface area contributed by atoms with Crippen LogP contribution in [0.4, 0.5) is 0 Å². The molecule has 11 heteroatoms. The number of hydrogen-bond acceptors (Lipinski definition) is 5. The maximum atomic E-state index is 12.2. The number of hydrogen-bond donors (Lipinski definition) is 4. The van der Waals surface area contributed by atoms with Gasteiger partial charge in [0.15, 0.2) is 0 Å². The van der Waals surface area contributed by atoms with Gasteiger partial charge in [-0.05, 0) is 19.3 Å². The van der Waals surface area contributed by atoms with Crippen molar-refractivity contribution in [3.05, 3.63) is 0 Å². The number of alkyl halides is 1. The molecule has 1 fully saturated rings. The fourth-order valence-electron chi connectivity index (χ4n) is 2.46. The summed E-state index contributed by atoms with van der Waals surface area (Å²) >= 11 is 5.50. The van der Waals surface area contributed by atoms with E-state index >= 15 is 0 Å². The van der Waals surface area contributed by atoms with Gasteiger partial charge >= 0.3 is 0 Å². The van der Waals surface area contributed by atoms with Crippen molar-refractivity contribution in [1.29, 1.82) is 0 Å². The summed E-state index contributed by atoms with van der Waals surface area (Å²) in [5, 5.41) is 7.18. The molecular formula is C15H24ClN5O5. The van der Waals surface area contributed by atoms with Crippen LogP contribution in [-0.4, -0.2) is 72.5 Å². The van der Waals surface area contributed by atoms with Gasteiger partial charge in [0, 0.05) is 18.8 Å². The first-order chi connectivity index (χ1) is 12.3. The van der Waals surface area contributed by atoms with Crippen molar-refractivity contribution in [3.8, 4) is 0 Å². The number of likely N-dealkylation sites (tertiary alicyclic amines) is 1. The van der Waals surface area contributed by atoms with Crippen LogP contribution in [0.25, 0.3) is 0 Å². The van der Waals surface area contributed by atoms with Crippen molar-refractivity contribution in [2.24, 2.45) is 5.73 Å². The Morgan fingerprint density at radius 3 is 2.35 bits per heavy atom. The highest BCUT2D eigenvalue weighted by Crippen LogP contribution is 2.17. The average molecular weight is 390 g/mol. The summed E-state index contributed by atoms with van der Waals surface area (Å²) in [5.74, 6) is -1.98. The molecule has 26 heavy (non-hydrogen) atoms. The number of carbonyl (C=O) groups is 5. The van der Waals surface area contributed by atoms with Crippen LogP contribution in [0.15, 0.2) is 0 Å². The molecule has 1 aliphatic heterocycles. The Bertz CT molecular complexity index is 557. The summed E-state index contributed by atoms with van der Waals surface area (Å²) in [6, 6.07) is -0.689. The first-order valence-corrected chi connectivity index (χ1v) is 8.83. The molecule has 5 amide bonds. The second kappa shape index (κ2) is 11.3. The maximum absolute atomic E-state index is 12.2. The standard InChI is InChI=1S/C15H24ClN5O5/c16-5-1-4-12(23)19-9-14(25)21-6-2-3-10(21)15(26)20-8-13(24)18-7-11(17)22/h10H,1-9H2,(H2,17,22)(H,18,24)(H,19,23)(H,20,26)/t10-/m0/s1. The molecule has 0 aromatic rings. The number of carbonyl (C=O) groups excluding carboxylic acids is 5. The van der Waals surface area contributed by atoms with Crippen molar-refractivity contribution in [1.82, 2.24) is 20.9 Å². The van der Waals surface area contributed by atoms with Gasteiger partial charge in [0.2, 0.25) is 29.5 Å². The molecule has 146 valence electrons. The highest BCUT2D eigenvalue weighted by molar-refractivity contribution is 6.17. The van der Waals surface area contributed by atoms with Gasteiger partial charge in [-0.25, -0.2) is 0 Å². The average Bonchev–Trinajstić information content (AvgIpc) is 3.10. The minimum atomic E-state index is -0.690. The Labute approximate surface area is 156 Å². The number of halogens is 1. The number of rotatable bonds is 10. The Balaban J connectivity index is 2.41. The van der Waals surface area contributed by atoms with E-state index in [1.54, 1.807) is 0 Å². The summed E-state index contributed by atoms with van der Waals surface area (Å²) in [5.41, 5.74) is 4.90. The lowest BCUT2D eigenvalue weighted by Crippen LogP contribution is -2.50. The van der Waals surface area contributed by atoms with Crippen LogP contribution in [0.5, 0.6) is 0 Å². The molecule has 0 aliphatic carbocycles. The third-order valence-corrected chi connectivity index (χ3v) is 4.00. The SMILES string of the molecule is NC(=O)CNC(=O)CNC(=O)[C@@H]1CCCN1C(=O)CNC(=O)CCCCl. The lowest BCUT2D eigenvalue weighted by Gasteiger charge is -2.24. The van der Waals surface area contributed by atoms with Crippen LogP contribution >= 0.6 is 11.6 Å². The van der Waals surface area contributed by atoms with Gasteiger partial charge in [0.05, 0.1) is 19.6 Å². The molecule has 0 spiro atoms. The van der Waals surface area contributed by atoms with E-state index in [9.17, 15) is 24.0 Å². The number of nitrogens with one attached hydrogen (secondary N) is 3. The lowest BCUT2D eigenvalue weighted by molar-refractivity contribution is -0.139. The zero-order valence-electron chi connectivity index (χ0n) is 14.4. The molecule has 0 unspecified atom stereocenters. The Kier molecular flexibility index (Phi) is 9.42. The largest absolute Gasteiger partial charge is 0.368 e. The van der Waals surface area contributed by atoms with E-state index < -0.39 is 23.8 Å². The quantitative estimate of drug-likeness (QED) is 0.313. The third kappa shape index (κ3) is 7.68. The highest BCUT2D eigenvalue weighted by Gasteiger charge is 2.33. The predicted molar refractivity (Wildman–Crippen MR) is 92.9 cm³/mol. The topological polar surface area (TPSA) is 151 Å². The summed E-state index contributed by atoms with van der Waals surface area (Å²) in [7, 11) is 0. The molecular weight excluding hydrogens is 366 g/mol. The van der Waals surface area contributed by atoms with E-state index in [2.05, 4.69) is 16.0 Å². The fraction of sp³-hybridized carbons (Fsp3) is 0.667. The molecule has 0 bridgehead atoms. The monoisotopic (exact) mass is 389 g/mol. The molecule has 0 aromatic carbocycles. The summed E-state index contributed by atoms with van der Waals surface area (Å²) < 4.78 is 0. The van der Waals surface area contributed by atoms with E-state index in [0.717, 1.165) is 0 Å². The smallest absolute Gasteiger partial charge is 0.243 e. The van der Waals surface area contributed by atoms with Crippen molar-refractivity contribution in [2.75, 3.05) is 32.1 Å². The molecule has 10 nitrogen and oxygen atoms in total. The molecule has 5 N–H and O–H groups in total. The van der Waals surface area contributed by atoms with Crippen LogP contribution in [-0.2, 0) is 24.0 Å². The molecule has 1 rings (SSSR count). The van der Waals surface area contributed by atoms with Gasteiger partial charge in [-0.1, -0.05) is 0 Å². The van der Waals surface area contributed by atoms with Crippen molar-refractivity contribution < 1.29 is 24.0 Å². The van der Waals surface area contributed by atoms with E-state index in [0.29, 0.717) is 31.7 Å². The zero-order valence-corrected chi connectivity index (χ0v) is 15.1.